The molecule has 0 bridgehead atoms. The third-order valence-electron chi connectivity index (χ3n) is 3.25. The van der Waals surface area contributed by atoms with Gasteiger partial charge in [0.2, 0.25) is 0 Å². The lowest BCUT2D eigenvalue weighted by Gasteiger charge is -2.05. The van der Waals surface area contributed by atoms with E-state index in [0.29, 0.717) is 0 Å². The van der Waals surface area contributed by atoms with Crippen LogP contribution in [-0.4, -0.2) is 10.7 Å². The molecule has 78 valence electrons. The average Bonchev–Trinajstić information content (AvgIpc) is 2.86. The second kappa shape index (κ2) is 3.32. The van der Waals surface area contributed by atoms with Crippen LogP contribution in [0.2, 0.25) is 0 Å². The molecule has 2 heteroatoms. The molecule has 0 spiro atoms. The quantitative estimate of drug-likeness (QED) is 0.837. The van der Waals surface area contributed by atoms with Crippen LogP contribution >= 0.6 is 11.3 Å². The Balaban J connectivity index is 1.84. The first-order chi connectivity index (χ1) is 7.27. The van der Waals surface area contributed by atoms with Gasteiger partial charge < -0.3 is 5.11 Å². The number of aliphatic hydroxyl groups is 1. The predicted molar refractivity (Wildman–Crippen MR) is 64.3 cm³/mol. The summed E-state index contributed by atoms with van der Waals surface area (Å²) in [7, 11) is 0. The highest BCUT2D eigenvalue weighted by Crippen LogP contribution is 2.40. The summed E-state index contributed by atoms with van der Waals surface area (Å²) in [6.45, 7) is 0. The van der Waals surface area contributed by atoms with E-state index in [1.165, 1.54) is 15.6 Å². The van der Waals surface area contributed by atoms with Gasteiger partial charge in [-0.1, -0.05) is 18.2 Å². The van der Waals surface area contributed by atoms with Crippen LogP contribution in [0.5, 0.6) is 0 Å². The monoisotopic (exact) mass is 218 g/mol. The first kappa shape index (κ1) is 9.37. The maximum atomic E-state index is 9.80. The number of hydrogen-bond donors (Lipinski definition) is 1. The predicted octanol–water partition coefficient (Wildman–Crippen LogP) is 3.36. The Morgan fingerprint density at radius 3 is 2.87 bits per heavy atom. The number of aryl methyl sites for hydroxylation is 1. The van der Waals surface area contributed by atoms with Gasteiger partial charge in [0.25, 0.3) is 0 Å². The molecule has 1 nitrogen and oxygen atoms in total. The van der Waals surface area contributed by atoms with Gasteiger partial charge in [-0.25, -0.2) is 0 Å². The van der Waals surface area contributed by atoms with E-state index >= 15 is 0 Å². The smallest absolute Gasteiger partial charge is 0.0653 e. The van der Waals surface area contributed by atoms with Crippen molar-refractivity contribution in [2.75, 3.05) is 0 Å². The van der Waals surface area contributed by atoms with Crippen LogP contribution < -0.4 is 0 Å². The highest BCUT2D eigenvalue weighted by Gasteiger charge is 2.39. The Bertz CT molecular complexity index is 482. The average molecular weight is 218 g/mol. The Morgan fingerprint density at radius 1 is 1.27 bits per heavy atom. The third-order valence-corrected chi connectivity index (χ3v) is 4.26. The van der Waals surface area contributed by atoms with E-state index in [4.69, 9.17) is 0 Å². The van der Waals surface area contributed by atoms with Crippen molar-refractivity contribution in [3.63, 3.8) is 0 Å². The number of benzene rings is 1. The summed E-state index contributed by atoms with van der Waals surface area (Å²) in [5.74, 6) is 0. The molecule has 1 heterocycles. The van der Waals surface area contributed by atoms with Crippen LogP contribution in [0.1, 0.15) is 24.8 Å². The molecular weight excluding hydrogens is 204 g/mol. The summed E-state index contributed by atoms with van der Waals surface area (Å²) in [6.07, 6.45) is 3.93. The molecule has 1 saturated carbocycles. The van der Waals surface area contributed by atoms with Crippen molar-refractivity contribution in [1.29, 1.82) is 0 Å². The lowest BCUT2D eigenvalue weighted by molar-refractivity contribution is 0.140. The van der Waals surface area contributed by atoms with Crippen molar-refractivity contribution in [3.8, 4) is 0 Å². The van der Waals surface area contributed by atoms with E-state index in [1.807, 2.05) is 0 Å². The van der Waals surface area contributed by atoms with Crippen molar-refractivity contribution >= 4 is 21.4 Å². The van der Waals surface area contributed by atoms with Gasteiger partial charge in [-0.05, 0) is 48.1 Å². The van der Waals surface area contributed by atoms with Gasteiger partial charge in [-0.3, -0.25) is 0 Å². The Hall–Kier alpha value is -0.860. The minimum absolute atomic E-state index is 0.316. The van der Waals surface area contributed by atoms with Crippen molar-refractivity contribution < 1.29 is 5.11 Å². The molecule has 3 rings (SSSR count). The molecule has 0 saturated heterocycles. The maximum Gasteiger partial charge on any atom is 0.0653 e. The molecule has 1 N–H and O–H groups in total. The number of thiophene rings is 1. The minimum Gasteiger partial charge on any atom is -0.390 e. The first-order valence-corrected chi connectivity index (χ1v) is 6.32. The molecule has 2 aromatic rings. The molecule has 0 unspecified atom stereocenters. The second-order valence-electron chi connectivity index (χ2n) is 4.48. The fourth-order valence-electron chi connectivity index (χ4n) is 1.99. The summed E-state index contributed by atoms with van der Waals surface area (Å²) in [6, 6.07) is 8.51. The molecule has 0 amide bonds. The molecule has 1 aromatic carbocycles. The van der Waals surface area contributed by atoms with Crippen LogP contribution in [0.15, 0.2) is 29.6 Å². The Morgan fingerprint density at radius 2 is 2.07 bits per heavy atom. The topological polar surface area (TPSA) is 20.2 Å². The normalized spacial score (nSPS) is 18.2. The van der Waals surface area contributed by atoms with Crippen LogP contribution in [0.4, 0.5) is 0 Å². The van der Waals surface area contributed by atoms with Crippen molar-refractivity contribution in [1.82, 2.24) is 0 Å². The van der Waals surface area contributed by atoms with Crippen molar-refractivity contribution in [2.24, 2.45) is 0 Å². The second-order valence-corrected chi connectivity index (χ2v) is 5.39. The zero-order valence-corrected chi connectivity index (χ0v) is 9.39. The highest BCUT2D eigenvalue weighted by molar-refractivity contribution is 7.17. The molecule has 1 aromatic heterocycles. The number of fused-ring (bicyclic) bond motifs is 1. The number of hydrogen-bond acceptors (Lipinski definition) is 2. The van der Waals surface area contributed by atoms with Crippen LogP contribution in [-0.2, 0) is 6.42 Å². The SMILES string of the molecule is OC1(CCc2csc3ccccc23)CC1. The molecule has 15 heavy (non-hydrogen) atoms. The Labute approximate surface area is 93.4 Å². The van der Waals surface area contributed by atoms with E-state index in [9.17, 15) is 5.11 Å². The summed E-state index contributed by atoms with van der Waals surface area (Å²) in [5, 5.41) is 13.4. The van der Waals surface area contributed by atoms with Crippen LogP contribution in [0, 0.1) is 0 Å². The standard InChI is InChI=1S/C13H14OS/c14-13(7-8-13)6-5-10-9-15-12-4-2-1-3-11(10)12/h1-4,9,14H,5-8H2. The lowest BCUT2D eigenvalue weighted by Crippen LogP contribution is -2.07. The molecule has 0 radical (unpaired) electrons. The summed E-state index contributed by atoms with van der Waals surface area (Å²) < 4.78 is 1.36. The molecule has 1 fully saturated rings. The first-order valence-electron chi connectivity index (χ1n) is 5.44. The van der Waals surface area contributed by atoms with Gasteiger partial charge in [0.05, 0.1) is 5.60 Å². The van der Waals surface area contributed by atoms with Crippen LogP contribution in [0.3, 0.4) is 0 Å². The van der Waals surface area contributed by atoms with E-state index in [-0.39, 0.29) is 5.60 Å². The Kier molecular flexibility index (Phi) is 2.08. The third kappa shape index (κ3) is 1.80. The minimum atomic E-state index is -0.316. The van der Waals surface area contributed by atoms with Crippen molar-refractivity contribution in [2.45, 2.75) is 31.3 Å². The lowest BCUT2D eigenvalue weighted by atomic mass is 10.1. The highest BCUT2D eigenvalue weighted by atomic mass is 32.1. The van der Waals surface area contributed by atoms with Crippen molar-refractivity contribution in [3.05, 3.63) is 35.2 Å². The molecular formula is C13H14OS. The van der Waals surface area contributed by atoms with Gasteiger partial charge in [0.1, 0.15) is 0 Å². The van der Waals surface area contributed by atoms with Gasteiger partial charge in [-0.15, -0.1) is 11.3 Å². The molecule has 1 aliphatic carbocycles. The summed E-state index contributed by atoms with van der Waals surface area (Å²) >= 11 is 1.80. The van der Waals surface area contributed by atoms with E-state index in [0.717, 1.165) is 25.7 Å². The van der Waals surface area contributed by atoms with Gasteiger partial charge in [0.15, 0.2) is 0 Å². The van der Waals surface area contributed by atoms with E-state index in [2.05, 4.69) is 29.6 Å². The maximum absolute atomic E-state index is 9.80. The van der Waals surface area contributed by atoms with Gasteiger partial charge in [0, 0.05) is 4.70 Å². The fourth-order valence-corrected chi connectivity index (χ4v) is 2.99. The molecule has 1 aliphatic rings. The van der Waals surface area contributed by atoms with E-state index in [1.54, 1.807) is 11.3 Å². The van der Waals surface area contributed by atoms with Gasteiger partial charge >= 0.3 is 0 Å². The van der Waals surface area contributed by atoms with E-state index < -0.39 is 0 Å². The summed E-state index contributed by atoms with van der Waals surface area (Å²) in [5.41, 5.74) is 1.08. The summed E-state index contributed by atoms with van der Waals surface area (Å²) in [4.78, 5) is 0. The van der Waals surface area contributed by atoms with Crippen LogP contribution in [0.25, 0.3) is 10.1 Å². The number of rotatable bonds is 3. The zero-order valence-electron chi connectivity index (χ0n) is 8.57. The zero-order chi connectivity index (χ0) is 10.3. The molecule has 0 atom stereocenters. The largest absolute Gasteiger partial charge is 0.390 e. The fraction of sp³-hybridized carbons (Fsp3) is 0.385. The van der Waals surface area contributed by atoms with Gasteiger partial charge in [-0.2, -0.15) is 0 Å². The molecule has 0 aliphatic heterocycles.